The summed E-state index contributed by atoms with van der Waals surface area (Å²) in [6.45, 7) is -1.51. The van der Waals surface area contributed by atoms with Crippen LogP contribution in [0.1, 0.15) is 15.9 Å². The van der Waals surface area contributed by atoms with E-state index in [0.717, 1.165) is 16.1 Å². The lowest BCUT2D eigenvalue weighted by Crippen LogP contribution is -2.47. The first-order valence-electron chi connectivity index (χ1n) is 8.35. The van der Waals surface area contributed by atoms with Gasteiger partial charge in [-0.25, -0.2) is 8.78 Å². The van der Waals surface area contributed by atoms with E-state index < -0.39 is 42.8 Å². The molecule has 2 aliphatic rings. The number of methoxy groups -OCH3 is 1. The van der Waals surface area contributed by atoms with Crippen LogP contribution >= 0.6 is 0 Å². The Morgan fingerprint density at radius 2 is 2.15 bits per heavy atom. The van der Waals surface area contributed by atoms with E-state index >= 15 is 8.78 Å². The lowest BCUT2D eigenvalue weighted by Gasteiger charge is -2.22. The number of aromatic nitrogens is 1. The molecule has 0 radical (unpaired) electrons. The number of benzene rings is 1. The summed E-state index contributed by atoms with van der Waals surface area (Å²) in [5, 5.41) is 3.41. The van der Waals surface area contributed by atoms with Crippen LogP contribution in [0.2, 0.25) is 0 Å². The van der Waals surface area contributed by atoms with Crippen molar-refractivity contribution in [3.05, 3.63) is 47.9 Å². The largest absolute Gasteiger partial charge is 0.497 e. The third kappa shape index (κ3) is 2.65. The SMILES string of the molecule is COc1cccc(CN2C[C@@]3(F)CN(C(=O)c4cnoc4)C[C@@]3(F)C2=O)c1. The van der Waals surface area contributed by atoms with Crippen molar-refractivity contribution in [2.24, 2.45) is 0 Å². The van der Waals surface area contributed by atoms with Gasteiger partial charge in [0.25, 0.3) is 11.8 Å². The van der Waals surface area contributed by atoms with Crippen LogP contribution in [0.15, 0.2) is 41.2 Å². The molecule has 0 unspecified atom stereocenters. The average molecular weight is 377 g/mol. The lowest BCUT2D eigenvalue weighted by atomic mass is 9.93. The van der Waals surface area contributed by atoms with Gasteiger partial charge in [0.05, 0.1) is 38.5 Å². The summed E-state index contributed by atoms with van der Waals surface area (Å²) >= 11 is 0. The molecule has 2 amide bonds. The summed E-state index contributed by atoms with van der Waals surface area (Å²) < 4.78 is 40.5. The van der Waals surface area contributed by atoms with Gasteiger partial charge < -0.3 is 19.1 Å². The Hall–Kier alpha value is -2.97. The van der Waals surface area contributed by atoms with E-state index in [9.17, 15) is 9.59 Å². The molecule has 2 atom stereocenters. The molecule has 2 aliphatic heterocycles. The van der Waals surface area contributed by atoms with Gasteiger partial charge in [-0.1, -0.05) is 17.3 Å². The zero-order valence-corrected chi connectivity index (χ0v) is 14.5. The van der Waals surface area contributed by atoms with Crippen molar-refractivity contribution in [1.82, 2.24) is 15.0 Å². The average Bonchev–Trinajstić information content (AvgIpc) is 3.31. The van der Waals surface area contributed by atoms with Gasteiger partial charge in [-0.05, 0) is 17.7 Å². The number of amides is 2. The number of rotatable bonds is 4. The maximum atomic E-state index is 15.4. The molecule has 3 heterocycles. The van der Waals surface area contributed by atoms with Gasteiger partial charge >= 0.3 is 0 Å². The van der Waals surface area contributed by atoms with E-state index in [0.29, 0.717) is 11.3 Å². The van der Waals surface area contributed by atoms with E-state index in [1.54, 1.807) is 24.3 Å². The number of halogens is 2. The van der Waals surface area contributed by atoms with E-state index in [2.05, 4.69) is 9.68 Å². The standard InChI is InChI=1S/C18H17F2N3O4/c1-26-14-4-2-3-12(5-14)7-22-9-17(19)10-23(11-18(17,20)16(22)25)15(24)13-6-21-27-8-13/h2-6,8H,7,9-11H2,1H3/t17-,18-/m1/s1. The predicted molar refractivity (Wildman–Crippen MR) is 88.5 cm³/mol. The highest BCUT2D eigenvalue weighted by Crippen LogP contribution is 2.46. The Balaban J connectivity index is 1.53. The topological polar surface area (TPSA) is 75.9 Å². The number of carbonyl (C=O) groups excluding carboxylic acids is 2. The van der Waals surface area contributed by atoms with E-state index in [1.165, 1.54) is 13.3 Å². The van der Waals surface area contributed by atoms with Crippen LogP contribution in [0.4, 0.5) is 8.78 Å². The molecule has 142 valence electrons. The molecule has 2 fully saturated rings. The van der Waals surface area contributed by atoms with Gasteiger partial charge in [0.2, 0.25) is 5.67 Å². The van der Waals surface area contributed by atoms with Crippen LogP contribution in [0.5, 0.6) is 5.75 Å². The highest BCUT2D eigenvalue weighted by Gasteiger charge is 2.71. The third-order valence-corrected chi connectivity index (χ3v) is 5.10. The van der Waals surface area contributed by atoms with E-state index in [1.807, 2.05) is 0 Å². The smallest absolute Gasteiger partial charge is 0.266 e. The van der Waals surface area contributed by atoms with Crippen LogP contribution in [-0.4, -0.2) is 64.9 Å². The molecule has 0 N–H and O–H groups in total. The molecule has 0 saturated carbocycles. The van der Waals surface area contributed by atoms with Crippen molar-refractivity contribution in [3.63, 3.8) is 0 Å². The van der Waals surface area contributed by atoms with Gasteiger partial charge in [-0.3, -0.25) is 9.59 Å². The minimum Gasteiger partial charge on any atom is -0.497 e. The molecule has 4 rings (SSSR count). The Morgan fingerprint density at radius 1 is 1.33 bits per heavy atom. The van der Waals surface area contributed by atoms with Crippen LogP contribution in [0.3, 0.4) is 0 Å². The number of carbonyl (C=O) groups is 2. The quantitative estimate of drug-likeness (QED) is 0.809. The minimum atomic E-state index is -2.77. The number of alkyl halides is 2. The number of fused-ring (bicyclic) bond motifs is 1. The monoisotopic (exact) mass is 377 g/mol. The van der Waals surface area contributed by atoms with Crippen molar-refractivity contribution >= 4 is 11.8 Å². The second kappa shape index (κ2) is 6.04. The molecule has 27 heavy (non-hydrogen) atoms. The van der Waals surface area contributed by atoms with Crippen LogP contribution in [0, 0.1) is 0 Å². The van der Waals surface area contributed by atoms with Gasteiger partial charge in [-0.2, -0.15) is 0 Å². The van der Waals surface area contributed by atoms with Crippen LogP contribution in [0.25, 0.3) is 0 Å². The summed E-state index contributed by atoms with van der Waals surface area (Å²) in [4.78, 5) is 27.1. The maximum Gasteiger partial charge on any atom is 0.266 e. The van der Waals surface area contributed by atoms with E-state index in [-0.39, 0.29) is 12.1 Å². The fraction of sp³-hybridized carbons (Fsp3) is 0.389. The second-order valence-corrected chi connectivity index (χ2v) is 6.85. The summed E-state index contributed by atoms with van der Waals surface area (Å²) in [5.41, 5.74) is -4.44. The molecular weight excluding hydrogens is 360 g/mol. The van der Waals surface area contributed by atoms with Crippen molar-refractivity contribution in [3.8, 4) is 5.75 Å². The highest BCUT2D eigenvalue weighted by atomic mass is 19.2. The zero-order valence-electron chi connectivity index (χ0n) is 14.5. The number of nitrogens with zero attached hydrogens (tertiary/aromatic N) is 3. The first-order valence-corrected chi connectivity index (χ1v) is 8.35. The number of likely N-dealkylation sites (tertiary alicyclic amines) is 2. The normalized spacial score (nSPS) is 27.1. The van der Waals surface area contributed by atoms with Gasteiger partial charge in [0.15, 0.2) is 5.67 Å². The zero-order chi connectivity index (χ0) is 19.2. The summed E-state index contributed by atoms with van der Waals surface area (Å²) in [6.07, 6.45) is 2.27. The summed E-state index contributed by atoms with van der Waals surface area (Å²) in [7, 11) is 1.51. The minimum absolute atomic E-state index is 0.0625. The third-order valence-electron chi connectivity index (χ3n) is 5.10. The number of hydrogen-bond acceptors (Lipinski definition) is 5. The van der Waals surface area contributed by atoms with Crippen molar-refractivity contribution < 1.29 is 27.6 Å². The highest BCUT2D eigenvalue weighted by molar-refractivity contribution is 5.97. The van der Waals surface area contributed by atoms with Gasteiger partial charge in [-0.15, -0.1) is 0 Å². The fourth-order valence-corrected chi connectivity index (χ4v) is 3.70. The first-order chi connectivity index (χ1) is 12.9. The Labute approximate surface area is 153 Å². The molecule has 0 spiro atoms. The molecule has 1 aromatic carbocycles. The van der Waals surface area contributed by atoms with Crippen molar-refractivity contribution in [2.75, 3.05) is 26.7 Å². The van der Waals surface area contributed by atoms with E-state index in [4.69, 9.17) is 4.74 Å². The molecule has 2 aromatic rings. The fourth-order valence-electron chi connectivity index (χ4n) is 3.70. The van der Waals surface area contributed by atoms with Crippen molar-refractivity contribution in [2.45, 2.75) is 17.9 Å². The molecule has 2 saturated heterocycles. The molecule has 0 bridgehead atoms. The molecule has 7 nitrogen and oxygen atoms in total. The molecule has 9 heteroatoms. The molecule has 0 aliphatic carbocycles. The summed E-state index contributed by atoms with van der Waals surface area (Å²) in [6, 6.07) is 6.94. The predicted octanol–water partition coefficient (Wildman–Crippen LogP) is 1.60. The van der Waals surface area contributed by atoms with Crippen LogP contribution < -0.4 is 4.74 Å². The Kier molecular flexibility index (Phi) is 3.90. The second-order valence-electron chi connectivity index (χ2n) is 6.85. The van der Waals surface area contributed by atoms with Gasteiger partial charge in [0, 0.05) is 6.54 Å². The van der Waals surface area contributed by atoms with Gasteiger partial charge in [0.1, 0.15) is 12.0 Å². The number of ether oxygens (including phenoxy) is 1. The Morgan fingerprint density at radius 3 is 2.81 bits per heavy atom. The van der Waals surface area contributed by atoms with Crippen LogP contribution in [-0.2, 0) is 11.3 Å². The maximum absolute atomic E-state index is 15.4. The molecule has 1 aromatic heterocycles. The summed E-state index contributed by atoms with van der Waals surface area (Å²) in [5.74, 6) is -0.977. The number of hydrogen-bond donors (Lipinski definition) is 0. The lowest BCUT2D eigenvalue weighted by molar-refractivity contribution is -0.139. The molecular formula is C18H17F2N3O4. The Bertz CT molecular complexity index is 890. The first kappa shape index (κ1) is 17.4. The van der Waals surface area contributed by atoms with Crippen molar-refractivity contribution in [1.29, 1.82) is 0 Å².